The van der Waals surface area contributed by atoms with Crippen molar-refractivity contribution >= 4 is 11.3 Å². The third-order valence-electron chi connectivity index (χ3n) is 2.90. The summed E-state index contributed by atoms with van der Waals surface area (Å²) in [5.74, 6) is 0. The predicted molar refractivity (Wildman–Crippen MR) is 77.3 cm³/mol. The lowest BCUT2D eigenvalue weighted by Gasteiger charge is -2.17. The lowest BCUT2D eigenvalue weighted by Crippen LogP contribution is -2.25. The fourth-order valence-corrected chi connectivity index (χ4v) is 2.90. The summed E-state index contributed by atoms with van der Waals surface area (Å²) in [5, 5.41) is 12.9. The summed E-state index contributed by atoms with van der Waals surface area (Å²) in [6.45, 7) is 8.23. The van der Waals surface area contributed by atoms with Crippen molar-refractivity contribution < 1.29 is 0 Å². The van der Waals surface area contributed by atoms with Crippen molar-refractivity contribution in [3.05, 3.63) is 28.0 Å². The largest absolute Gasteiger partial charge is 0.304 e. The van der Waals surface area contributed by atoms with Crippen LogP contribution in [0, 0.1) is 6.92 Å². The van der Waals surface area contributed by atoms with E-state index < -0.39 is 0 Å². The minimum atomic E-state index is 0.146. The summed E-state index contributed by atoms with van der Waals surface area (Å²) in [7, 11) is 0. The summed E-state index contributed by atoms with van der Waals surface area (Å²) in [5.41, 5.74) is 1.12. The van der Waals surface area contributed by atoms with Crippen LogP contribution >= 0.6 is 11.3 Å². The maximum absolute atomic E-state index is 4.36. The zero-order valence-electron chi connectivity index (χ0n) is 11.8. The van der Waals surface area contributed by atoms with Crippen molar-refractivity contribution in [3.63, 3.8) is 0 Å². The predicted octanol–water partition coefficient (Wildman–Crippen LogP) is 2.54. The SMILES string of the molecule is CCCNC(c1cnc(C)s1)c1cnnn1CCC. The molecule has 2 heterocycles. The summed E-state index contributed by atoms with van der Waals surface area (Å²) in [6, 6.07) is 0.146. The molecule has 0 saturated heterocycles. The van der Waals surface area contributed by atoms with Crippen LogP contribution in [0.2, 0.25) is 0 Å². The van der Waals surface area contributed by atoms with Crippen LogP contribution in [0.15, 0.2) is 12.4 Å². The molecular formula is C13H21N5S. The standard InChI is InChI=1S/C13H21N5S/c1-4-6-14-13(12-9-15-10(3)19-12)11-8-16-17-18(11)7-5-2/h8-9,13-14H,4-7H2,1-3H3. The smallest absolute Gasteiger partial charge is 0.0897 e. The number of rotatable bonds is 7. The van der Waals surface area contributed by atoms with E-state index >= 15 is 0 Å². The number of aryl methyl sites for hydroxylation is 2. The fraction of sp³-hybridized carbons (Fsp3) is 0.615. The minimum Gasteiger partial charge on any atom is -0.304 e. The van der Waals surface area contributed by atoms with Gasteiger partial charge >= 0.3 is 0 Å². The number of thiazole rings is 1. The van der Waals surface area contributed by atoms with Crippen molar-refractivity contribution in [2.24, 2.45) is 0 Å². The first-order valence-electron chi connectivity index (χ1n) is 6.80. The average Bonchev–Trinajstić information content (AvgIpc) is 3.01. The Morgan fingerprint density at radius 2 is 2.16 bits per heavy atom. The van der Waals surface area contributed by atoms with E-state index in [1.165, 1.54) is 4.88 Å². The Labute approximate surface area is 118 Å². The molecule has 104 valence electrons. The van der Waals surface area contributed by atoms with Gasteiger partial charge in [-0.2, -0.15) is 0 Å². The van der Waals surface area contributed by atoms with Gasteiger partial charge in [0.15, 0.2) is 0 Å². The highest BCUT2D eigenvalue weighted by atomic mass is 32.1. The second kappa shape index (κ2) is 6.77. The van der Waals surface area contributed by atoms with Crippen LogP contribution < -0.4 is 5.32 Å². The van der Waals surface area contributed by atoms with Gasteiger partial charge in [-0.1, -0.05) is 19.1 Å². The Bertz CT molecular complexity index is 505. The molecule has 1 N–H and O–H groups in total. The van der Waals surface area contributed by atoms with Gasteiger partial charge in [0.1, 0.15) is 0 Å². The monoisotopic (exact) mass is 279 g/mol. The van der Waals surface area contributed by atoms with E-state index in [0.29, 0.717) is 0 Å². The maximum Gasteiger partial charge on any atom is 0.0897 e. The minimum absolute atomic E-state index is 0.146. The first-order valence-corrected chi connectivity index (χ1v) is 7.62. The van der Waals surface area contributed by atoms with Crippen LogP contribution in [0.1, 0.15) is 48.3 Å². The van der Waals surface area contributed by atoms with Crippen LogP contribution in [0.25, 0.3) is 0 Å². The highest BCUT2D eigenvalue weighted by molar-refractivity contribution is 7.11. The lowest BCUT2D eigenvalue weighted by atomic mass is 10.2. The summed E-state index contributed by atoms with van der Waals surface area (Å²) in [4.78, 5) is 5.59. The molecule has 19 heavy (non-hydrogen) atoms. The molecule has 0 bridgehead atoms. The molecule has 0 saturated carbocycles. The zero-order valence-corrected chi connectivity index (χ0v) is 12.6. The van der Waals surface area contributed by atoms with Crippen molar-refractivity contribution in [1.82, 2.24) is 25.3 Å². The van der Waals surface area contributed by atoms with Crippen LogP contribution in [-0.4, -0.2) is 26.5 Å². The Hall–Kier alpha value is -1.27. The maximum atomic E-state index is 4.36. The molecule has 0 amide bonds. The molecule has 1 atom stereocenters. The second-order valence-corrected chi connectivity index (χ2v) is 5.82. The Morgan fingerprint density at radius 3 is 2.79 bits per heavy atom. The van der Waals surface area contributed by atoms with Gasteiger partial charge in [0, 0.05) is 17.6 Å². The molecule has 0 aliphatic carbocycles. The first kappa shape index (κ1) is 14.1. The molecule has 2 rings (SSSR count). The average molecular weight is 279 g/mol. The fourth-order valence-electron chi connectivity index (χ4n) is 2.03. The summed E-state index contributed by atoms with van der Waals surface area (Å²) < 4.78 is 1.99. The molecule has 0 aliphatic heterocycles. The Morgan fingerprint density at radius 1 is 1.32 bits per heavy atom. The molecule has 0 spiro atoms. The van der Waals surface area contributed by atoms with Gasteiger partial charge in [0.2, 0.25) is 0 Å². The van der Waals surface area contributed by atoms with E-state index in [1.807, 2.05) is 24.0 Å². The van der Waals surface area contributed by atoms with E-state index in [1.54, 1.807) is 11.3 Å². The molecule has 5 nitrogen and oxygen atoms in total. The second-order valence-electron chi connectivity index (χ2n) is 4.55. The van der Waals surface area contributed by atoms with Crippen LogP contribution in [-0.2, 0) is 6.54 Å². The topological polar surface area (TPSA) is 55.6 Å². The highest BCUT2D eigenvalue weighted by Gasteiger charge is 2.20. The third kappa shape index (κ3) is 3.39. The number of hydrogen-bond acceptors (Lipinski definition) is 5. The van der Waals surface area contributed by atoms with Gasteiger partial charge in [0.25, 0.3) is 0 Å². The number of aromatic nitrogens is 4. The number of hydrogen-bond donors (Lipinski definition) is 1. The Kier molecular flexibility index (Phi) is 5.04. The van der Waals surface area contributed by atoms with Crippen molar-refractivity contribution in [1.29, 1.82) is 0 Å². The number of nitrogens with zero attached hydrogens (tertiary/aromatic N) is 4. The molecular weight excluding hydrogens is 258 g/mol. The van der Waals surface area contributed by atoms with Crippen molar-refractivity contribution in [2.75, 3.05) is 6.54 Å². The zero-order chi connectivity index (χ0) is 13.7. The molecule has 0 radical (unpaired) electrons. The van der Waals surface area contributed by atoms with Crippen LogP contribution in [0.4, 0.5) is 0 Å². The molecule has 2 aromatic rings. The van der Waals surface area contributed by atoms with Gasteiger partial charge < -0.3 is 5.32 Å². The van der Waals surface area contributed by atoms with Gasteiger partial charge in [0.05, 0.1) is 22.9 Å². The highest BCUT2D eigenvalue weighted by Crippen LogP contribution is 2.26. The Balaban J connectivity index is 2.28. The van der Waals surface area contributed by atoms with Crippen molar-refractivity contribution in [2.45, 2.75) is 46.2 Å². The molecule has 2 aromatic heterocycles. The summed E-state index contributed by atoms with van der Waals surface area (Å²) in [6.07, 6.45) is 5.97. The molecule has 0 aliphatic rings. The van der Waals surface area contributed by atoms with Gasteiger partial charge in [-0.3, -0.25) is 0 Å². The van der Waals surface area contributed by atoms with Crippen molar-refractivity contribution in [3.8, 4) is 0 Å². The van der Waals surface area contributed by atoms with Gasteiger partial charge in [-0.15, -0.1) is 16.4 Å². The van der Waals surface area contributed by atoms with Crippen LogP contribution in [0.3, 0.4) is 0 Å². The van der Waals surface area contributed by atoms with Crippen LogP contribution in [0.5, 0.6) is 0 Å². The lowest BCUT2D eigenvalue weighted by molar-refractivity contribution is 0.507. The van der Waals surface area contributed by atoms with E-state index in [9.17, 15) is 0 Å². The third-order valence-corrected chi connectivity index (χ3v) is 3.88. The van der Waals surface area contributed by atoms with Gasteiger partial charge in [-0.05, 0) is 26.3 Å². The van der Waals surface area contributed by atoms with Gasteiger partial charge in [-0.25, -0.2) is 9.67 Å². The normalized spacial score (nSPS) is 12.8. The van der Waals surface area contributed by atoms with E-state index in [-0.39, 0.29) is 6.04 Å². The molecule has 6 heteroatoms. The molecule has 0 fully saturated rings. The first-order chi connectivity index (χ1) is 9.26. The molecule has 0 aromatic carbocycles. The van der Waals surface area contributed by atoms with E-state index in [4.69, 9.17) is 0 Å². The quantitative estimate of drug-likeness (QED) is 0.846. The number of nitrogens with one attached hydrogen (secondary N) is 1. The molecule has 1 unspecified atom stereocenters. The van der Waals surface area contributed by atoms with E-state index in [0.717, 1.165) is 36.6 Å². The van der Waals surface area contributed by atoms with E-state index in [2.05, 4.69) is 34.5 Å². The summed E-state index contributed by atoms with van der Waals surface area (Å²) >= 11 is 1.73.